The van der Waals surface area contributed by atoms with Crippen molar-refractivity contribution in [2.45, 2.75) is 52.2 Å². The highest BCUT2D eigenvalue weighted by Crippen LogP contribution is 2.26. The smallest absolute Gasteiger partial charge is 0.256 e. The first-order valence-corrected chi connectivity index (χ1v) is 9.93. The Balaban J connectivity index is 2.96. The molecule has 1 unspecified atom stereocenters. The molecule has 1 aromatic rings. The zero-order valence-corrected chi connectivity index (χ0v) is 17.8. The van der Waals surface area contributed by atoms with Crippen molar-refractivity contribution in [3.8, 4) is 11.6 Å². The fraction of sp³-hybridized carbons (Fsp3) is 0.684. The van der Waals surface area contributed by atoms with Crippen LogP contribution in [-0.4, -0.2) is 47.4 Å². The molecule has 0 aliphatic heterocycles. The van der Waals surface area contributed by atoms with E-state index in [1.807, 2.05) is 26.8 Å². The van der Waals surface area contributed by atoms with Crippen LogP contribution in [-0.2, 0) is 22.5 Å². The van der Waals surface area contributed by atoms with Crippen molar-refractivity contribution >= 4 is 17.1 Å². The summed E-state index contributed by atoms with van der Waals surface area (Å²) in [4.78, 5) is 4.33. The monoisotopic (exact) mass is 384 g/mol. The second-order valence-electron chi connectivity index (χ2n) is 7.32. The van der Waals surface area contributed by atoms with Crippen molar-refractivity contribution in [1.82, 2.24) is 4.98 Å². The number of ether oxygens (including phenoxy) is 3. The summed E-state index contributed by atoms with van der Waals surface area (Å²) >= 11 is -1.28. The summed E-state index contributed by atoms with van der Waals surface area (Å²) in [6.45, 7) is 11.0. The number of hydrogen-bond acceptors (Lipinski definition) is 6. The Morgan fingerprint density at radius 1 is 1.27 bits per heavy atom. The molecule has 0 aliphatic rings. The van der Waals surface area contributed by atoms with E-state index < -0.39 is 11.4 Å². The number of nitrogens with zero attached hydrogens (tertiary/aromatic N) is 2. The molecule has 0 N–H and O–H groups in total. The maximum absolute atomic E-state index is 12.4. The third kappa shape index (κ3) is 7.51. The first-order valence-electron chi connectivity index (χ1n) is 8.83. The van der Waals surface area contributed by atoms with E-state index in [1.165, 1.54) is 0 Å². The second-order valence-corrected chi connectivity index (χ2v) is 9.23. The molecule has 1 aromatic heterocycles. The Labute approximate surface area is 160 Å². The molecule has 0 bridgehead atoms. The van der Waals surface area contributed by atoms with E-state index in [0.717, 1.165) is 17.7 Å². The highest BCUT2D eigenvalue weighted by molar-refractivity contribution is 7.91. The molecule has 0 aromatic carbocycles. The van der Waals surface area contributed by atoms with Crippen LogP contribution in [0.2, 0.25) is 0 Å². The van der Waals surface area contributed by atoms with Crippen LogP contribution in [0.5, 0.6) is 11.6 Å². The lowest BCUT2D eigenvalue weighted by molar-refractivity contribution is 0.170. The molecule has 1 heterocycles. The first kappa shape index (κ1) is 22.7. The Kier molecular flexibility index (Phi) is 9.39. The Hall–Kier alpha value is -1.31. The van der Waals surface area contributed by atoms with Crippen LogP contribution in [0.25, 0.3) is 0 Å². The number of methoxy groups -OCH3 is 2. The van der Waals surface area contributed by atoms with Crippen LogP contribution in [0.3, 0.4) is 0 Å². The number of rotatable bonds is 10. The highest BCUT2D eigenvalue weighted by atomic mass is 32.2. The number of pyridine rings is 1. The maximum Gasteiger partial charge on any atom is 0.256 e. The molecule has 0 aliphatic carbocycles. The standard InChI is InChI=1S/C19H32N2O4S/c1-14(2)16(21-26(22)19(3,4)5)11-15-12-17(18(24-7)20-13-15)25-10-8-9-23-6/h12-14H,8-11H2,1-7H3/b21-16+. The zero-order valence-electron chi connectivity index (χ0n) is 17.0. The average molecular weight is 385 g/mol. The Bertz CT molecular complexity index is 585. The van der Waals surface area contributed by atoms with Gasteiger partial charge in [-0.3, -0.25) is 0 Å². The van der Waals surface area contributed by atoms with E-state index in [9.17, 15) is 4.55 Å². The lowest BCUT2D eigenvalue weighted by Crippen LogP contribution is -2.28. The van der Waals surface area contributed by atoms with E-state index in [4.69, 9.17) is 14.2 Å². The predicted molar refractivity (Wildman–Crippen MR) is 107 cm³/mol. The maximum atomic E-state index is 12.4. The van der Waals surface area contributed by atoms with Gasteiger partial charge in [-0.25, -0.2) is 4.98 Å². The predicted octanol–water partition coefficient (Wildman–Crippen LogP) is 3.61. The summed E-state index contributed by atoms with van der Waals surface area (Å²) in [5, 5.41) is 0. The van der Waals surface area contributed by atoms with Crippen molar-refractivity contribution < 1.29 is 18.8 Å². The summed E-state index contributed by atoms with van der Waals surface area (Å²) < 4.78 is 32.6. The highest BCUT2D eigenvalue weighted by Gasteiger charge is 2.27. The van der Waals surface area contributed by atoms with Gasteiger partial charge in [0, 0.05) is 32.8 Å². The molecule has 148 valence electrons. The van der Waals surface area contributed by atoms with Gasteiger partial charge in [0.1, 0.15) is 16.1 Å². The fourth-order valence-corrected chi connectivity index (χ4v) is 2.77. The van der Waals surface area contributed by atoms with Gasteiger partial charge in [-0.1, -0.05) is 18.2 Å². The van der Waals surface area contributed by atoms with Gasteiger partial charge >= 0.3 is 0 Å². The summed E-state index contributed by atoms with van der Waals surface area (Å²) in [6.07, 6.45) is 3.11. The fourth-order valence-electron chi connectivity index (χ4n) is 2.01. The Morgan fingerprint density at radius 2 is 1.96 bits per heavy atom. The average Bonchev–Trinajstić information content (AvgIpc) is 2.57. The molecule has 6 nitrogen and oxygen atoms in total. The zero-order chi connectivity index (χ0) is 19.7. The topological polar surface area (TPSA) is 76.0 Å². The first-order chi connectivity index (χ1) is 12.2. The lowest BCUT2D eigenvalue weighted by Gasteiger charge is -2.20. The molecular formula is C19H32N2O4S. The third-order valence-corrected chi connectivity index (χ3v) is 5.04. The minimum absolute atomic E-state index is 0.189. The molecule has 0 amide bonds. The van der Waals surface area contributed by atoms with Crippen LogP contribution < -0.4 is 9.47 Å². The van der Waals surface area contributed by atoms with Crippen LogP contribution in [0.15, 0.2) is 16.7 Å². The van der Waals surface area contributed by atoms with Gasteiger partial charge < -0.3 is 18.8 Å². The molecule has 0 saturated carbocycles. The minimum atomic E-state index is -1.28. The van der Waals surface area contributed by atoms with Gasteiger partial charge in [0.05, 0.1) is 19.4 Å². The van der Waals surface area contributed by atoms with Crippen LogP contribution in [0.1, 0.15) is 46.6 Å². The normalized spacial score (nSPS) is 13.8. The molecular weight excluding hydrogens is 352 g/mol. The van der Waals surface area contributed by atoms with E-state index >= 15 is 0 Å². The SMILES string of the molecule is COCCCOc1cc(C/C(=N\[S+]([O-])C(C)(C)C)C(C)C)cnc1OC. The quantitative estimate of drug-likeness (QED) is 0.350. The molecule has 0 saturated heterocycles. The van der Waals surface area contributed by atoms with E-state index in [-0.39, 0.29) is 10.7 Å². The molecule has 0 spiro atoms. The van der Waals surface area contributed by atoms with Crippen molar-refractivity contribution in [2.75, 3.05) is 27.4 Å². The third-order valence-electron chi connectivity index (χ3n) is 3.59. The molecule has 1 atom stereocenters. The van der Waals surface area contributed by atoms with Gasteiger partial charge in [-0.05, 0) is 38.3 Å². The largest absolute Gasteiger partial charge is 0.591 e. The van der Waals surface area contributed by atoms with E-state index in [1.54, 1.807) is 20.4 Å². The van der Waals surface area contributed by atoms with Crippen LogP contribution in [0.4, 0.5) is 0 Å². The van der Waals surface area contributed by atoms with Gasteiger partial charge in [-0.15, -0.1) is 0 Å². The summed E-state index contributed by atoms with van der Waals surface area (Å²) in [7, 11) is 3.23. The number of hydrogen-bond donors (Lipinski definition) is 0. The van der Waals surface area contributed by atoms with Gasteiger partial charge in [-0.2, -0.15) is 0 Å². The van der Waals surface area contributed by atoms with E-state index in [0.29, 0.717) is 31.3 Å². The second kappa shape index (κ2) is 10.7. The lowest BCUT2D eigenvalue weighted by atomic mass is 10.0. The summed E-state index contributed by atoms with van der Waals surface area (Å²) in [6, 6.07) is 1.91. The van der Waals surface area contributed by atoms with Gasteiger partial charge in [0.2, 0.25) is 0 Å². The Morgan fingerprint density at radius 3 is 2.50 bits per heavy atom. The van der Waals surface area contributed by atoms with Gasteiger partial charge in [0.15, 0.2) is 5.75 Å². The minimum Gasteiger partial charge on any atom is -0.591 e. The van der Waals surface area contributed by atoms with Crippen molar-refractivity contribution in [3.63, 3.8) is 0 Å². The van der Waals surface area contributed by atoms with Crippen LogP contribution in [0, 0.1) is 5.92 Å². The van der Waals surface area contributed by atoms with Crippen molar-refractivity contribution in [2.24, 2.45) is 10.3 Å². The molecule has 1 rings (SSSR count). The van der Waals surface area contributed by atoms with Crippen molar-refractivity contribution in [3.05, 3.63) is 17.8 Å². The summed E-state index contributed by atoms with van der Waals surface area (Å²) in [5.74, 6) is 1.24. The molecule has 0 radical (unpaired) electrons. The van der Waals surface area contributed by atoms with Crippen LogP contribution >= 0.6 is 0 Å². The molecule has 7 heteroatoms. The van der Waals surface area contributed by atoms with Gasteiger partial charge in [0.25, 0.3) is 5.88 Å². The van der Waals surface area contributed by atoms with Crippen molar-refractivity contribution in [1.29, 1.82) is 0 Å². The summed E-state index contributed by atoms with van der Waals surface area (Å²) in [5.41, 5.74) is 1.83. The van der Waals surface area contributed by atoms with E-state index in [2.05, 4.69) is 23.2 Å². The molecule has 26 heavy (non-hydrogen) atoms. The number of aromatic nitrogens is 1. The molecule has 0 fully saturated rings.